The molecule has 7 heteroatoms. The smallest absolute Gasteiger partial charge is 0.245 e. The predicted octanol–water partition coefficient (Wildman–Crippen LogP) is 2.00. The van der Waals surface area contributed by atoms with Gasteiger partial charge in [-0.3, -0.25) is 0 Å². The van der Waals surface area contributed by atoms with Crippen molar-refractivity contribution in [3.63, 3.8) is 0 Å². The molecule has 0 saturated heterocycles. The Labute approximate surface area is 116 Å². The molecule has 0 fully saturated rings. The summed E-state index contributed by atoms with van der Waals surface area (Å²) >= 11 is 5.93. The lowest BCUT2D eigenvalue weighted by Crippen LogP contribution is -2.12. The minimum atomic E-state index is 0.193. The van der Waals surface area contributed by atoms with Crippen LogP contribution in [-0.2, 0) is 17.2 Å². The Morgan fingerprint density at radius 2 is 2.16 bits per heavy atom. The Bertz CT molecular complexity index is 556. The van der Waals surface area contributed by atoms with Gasteiger partial charge in [-0.05, 0) is 13.8 Å². The molecule has 0 saturated carbocycles. The maximum absolute atomic E-state index is 5.93. The molecule has 2 aromatic rings. The van der Waals surface area contributed by atoms with Gasteiger partial charge in [0.15, 0.2) is 11.2 Å². The average molecular weight is 285 g/mol. The fourth-order valence-electron chi connectivity index (χ4n) is 1.83. The molecule has 0 aromatic carbocycles. The van der Waals surface area contributed by atoms with Crippen molar-refractivity contribution in [2.75, 3.05) is 13.7 Å². The van der Waals surface area contributed by atoms with E-state index in [-0.39, 0.29) is 6.10 Å². The van der Waals surface area contributed by atoms with Gasteiger partial charge in [-0.2, -0.15) is 4.98 Å². The van der Waals surface area contributed by atoms with Crippen LogP contribution in [0.3, 0.4) is 0 Å². The molecule has 0 bridgehead atoms. The highest BCUT2D eigenvalue weighted by molar-refractivity contribution is 6.16. The van der Waals surface area contributed by atoms with Crippen molar-refractivity contribution in [3.8, 4) is 5.88 Å². The van der Waals surface area contributed by atoms with Crippen LogP contribution in [0.15, 0.2) is 6.33 Å². The number of halogens is 1. The lowest BCUT2D eigenvalue weighted by atomic mass is 10.5. The van der Waals surface area contributed by atoms with Gasteiger partial charge in [-0.25, -0.2) is 9.97 Å². The van der Waals surface area contributed by atoms with E-state index in [1.807, 2.05) is 18.4 Å². The van der Waals surface area contributed by atoms with Crippen molar-refractivity contribution < 1.29 is 9.47 Å². The number of fused-ring (bicyclic) bond motifs is 1. The van der Waals surface area contributed by atoms with E-state index in [9.17, 15) is 0 Å². The summed E-state index contributed by atoms with van der Waals surface area (Å²) in [7, 11) is 1.56. The Morgan fingerprint density at radius 1 is 1.37 bits per heavy atom. The average Bonchev–Trinajstić information content (AvgIpc) is 2.76. The maximum Gasteiger partial charge on any atom is 0.245 e. The summed E-state index contributed by atoms with van der Waals surface area (Å²) in [5, 5.41) is 0. The van der Waals surface area contributed by atoms with Crippen LogP contribution < -0.4 is 4.74 Å². The lowest BCUT2D eigenvalue weighted by molar-refractivity contribution is 0.0729. The molecular weight excluding hydrogens is 268 g/mol. The molecular formula is C12H17ClN4O2. The summed E-state index contributed by atoms with van der Waals surface area (Å²) in [4.78, 5) is 12.7. The van der Waals surface area contributed by atoms with E-state index in [0.29, 0.717) is 30.4 Å². The number of alkyl halides is 1. The Kier molecular flexibility index (Phi) is 4.55. The molecule has 2 heterocycles. The number of hydrogen-bond donors (Lipinski definition) is 0. The zero-order valence-electron chi connectivity index (χ0n) is 11.3. The third-order valence-electron chi connectivity index (χ3n) is 2.66. The van der Waals surface area contributed by atoms with E-state index in [1.54, 1.807) is 7.11 Å². The second kappa shape index (κ2) is 6.16. The molecule has 0 radical (unpaired) electrons. The molecule has 0 unspecified atom stereocenters. The minimum absolute atomic E-state index is 0.193. The van der Waals surface area contributed by atoms with Gasteiger partial charge in [-0.1, -0.05) is 0 Å². The number of rotatable bonds is 6. The lowest BCUT2D eigenvalue weighted by Gasteiger charge is -2.10. The summed E-state index contributed by atoms with van der Waals surface area (Å²) in [6.45, 7) is 5.23. The highest BCUT2D eigenvalue weighted by atomic mass is 35.5. The second-order valence-electron chi connectivity index (χ2n) is 4.29. The second-order valence-corrected chi connectivity index (χ2v) is 4.56. The zero-order valence-corrected chi connectivity index (χ0v) is 12.0. The Hall–Kier alpha value is -1.40. The first-order chi connectivity index (χ1) is 9.17. The monoisotopic (exact) mass is 284 g/mol. The minimum Gasteiger partial charge on any atom is -0.479 e. The number of methoxy groups -OCH3 is 1. The van der Waals surface area contributed by atoms with Gasteiger partial charge in [0.05, 0.1) is 25.7 Å². The van der Waals surface area contributed by atoms with Gasteiger partial charge in [0, 0.05) is 6.54 Å². The summed E-state index contributed by atoms with van der Waals surface area (Å²) in [6, 6.07) is 0. The summed E-state index contributed by atoms with van der Waals surface area (Å²) in [5.41, 5.74) is 1.35. The van der Waals surface area contributed by atoms with Crippen molar-refractivity contribution >= 4 is 22.8 Å². The fourth-order valence-corrected chi connectivity index (χ4v) is 2.03. The van der Waals surface area contributed by atoms with E-state index < -0.39 is 0 Å². The van der Waals surface area contributed by atoms with E-state index >= 15 is 0 Å². The van der Waals surface area contributed by atoms with Crippen molar-refractivity contribution in [1.82, 2.24) is 19.5 Å². The number of hydrogen-bond acceptors (Lipinski definition) is 5. The van der Waals surface area contributed by atoms with Crippen LogP contribution in [0, 0.1) is 0 Å². The van der Waals surface area contributed by atoms with Gasteiger partial charge >= 0.3 is 0 Å². The topological polar surface area (TPSA) is 62.1 Å². The normalized spacial score (nSPS) is 11.4. The third-order valence-corrected chi connectivity index (χ3v) is 2.90. The first-order valence-corrected chi connectivity index (χ1v) is 6.62. The van der Waals surface area contributed by atoms with Gasteiger partial charge < -0.3 is 14.0 Å². The summed E-state index contributed by atoms with van der Waals surface area (Å²) < 4.78 is 12.7. The van der Waals surface area contributed by atoms with Gasteiger partial charge in [-0.15, -0.1) is 11.6 Å². The largest absolute Gasteiger partial charge is 0.479 e. The van der Waals surface area contributed by atoms with Crippen molar-refractivity contribution in [3.05, 3.63) is 12.2 Å². The number of imidazole rings is 1. The van der Waals surface area contributed by atoms with Crippen LogP contribution in [-0.4, -0.2) is 39.3 Å². The predicted molar refractivity (Wildman–Crippen MR) is 72.5 cm³/mol. The number of aromatic nitrogens is 4. The molecule has 0 aliphatic rings. The van der Waals surface area contributed by atoms with Crippen LogP contribution >= 0.6 is 11.6 Å². The first kappa shape index (κ1) is 14.0. The van der Waals surface area contributed by atoms with Crippen molar-refractivity contribution in [2.24, 2.45) is 0 Å². The van der Waals surface area contributed by atoms with Gasteiger partial charge in [0.2, 0.25) is 5.88 Å². The zero-order chi connectivity index (χ0) is 13.8. The highest BCUT2D eigenvalue weighted by Crippen LogP contribution is 2.22. The van der Waals surface area contributed by atoms with E-state index in [4.69, 9.17) is 21.1 Å². The molecule has 2 aromatic heterocycles. The van der Waals surface area contributed by atoms with Crippen LogP contribution in [0.5, 0.6) is 5.88 Å². The first-order valence-electron chi connectivity index (χ1n) is 6.09. The maximum atomic E-state index is 5.93. The molecule has 6 nitrogen and oxygen atoms in total. The summed E-state index contributed by atoms with van der Waals surface area (Å²) in [6.07, 6.45) is 1.65. The highest BCUT2D eigenvalue weighted by Gasteiger charge is 2.15. The molecule has 104 valence electrons. The van der Waals surface area contributed by atoms with Gasteiger partial charge in [0.1, 0.15) is 12.2 Å². The van der Waals surface area contributed by atoms with Crippen LogP contribution in [0.2, 0.25) is 0 Å². The van der Waals surface area contributed by atoms with Gasteiger partial charge in [0.25, 0.3) is 0 Å². The molecule has 0 atom stereocenters. The quantitative estimate of drug-likeness (QED) is 0.759. The van der Waals surface area contributed by atoms with Crippen LogP contribution in [0.4, 0.5) is 0 Å². The molecule has 19 heavy (non-hydrogen) atoms. The van der Waals surface area contributed by atoms with E-state index in [2.05, 4.69) is 15.0 Å². The molecule has 0 aliphatic heterocycles. The SMILES string of the molecule is COc1ncnc2c1nc(CCl)n2CCOC(C)C. The summed E-state index contributed by atoms with van der Waals surface area (Å²) in [5.74, 6) is 1.50. The van der Waals surface area contributed by atoms with Crippen LogP contribution in [0.1, 0.15) is 19.7 Å². The Morgan fingerprint density at radius 3 is 2.79 bits per heavy atom. The third kappa shape index (κ3) is 2.96. The van der Waals surface area contributed by atoms with Crippen LogP contribution in [0.25, 0.3) is 11.2 Å². The fraction of sp³-hybridized carbons (Fsp3) is 0.583. The number of nitrogens with zero attached hydrogens (tertiary/aromatic N) is 4. The van der Waals surface area contributed by atoms with Crippen molar-refractivity contribution in [2.45, 2.75) is 32.4 Å². The standard InChI is InChI=1S/C12H17ClN4O2/c1-8(2)19-5-4-17-9(6-13)16-10-11(17)14-7-15-12(10)18-3/h7-8H,4-6H2,1-3H3. The molecule has 0 N–H and O–H groups in total. The Balaban J connectivity index is 2.35. The molecule has 0 aliphatic carbocycles. The molecule has 0 spiro atoms. The van der Waals surface area contributed by atoms with E-state index in [0.717, 1.165) is 11.5 Å². The number of ether oxygens (including phenoxy) is 2. The van der Waals surface area contributed by atoms with Crippen molar-refractivity contribution in [1.29, 1.82) is 0 Å². The molecule has 0 amide bonds. The molecule has 2 rings (SSSR count). The van der Waals surface area contributed by atoms with E-state index in [1.165, 1.54) is 6.33 Å².